The average molecular weight is 318 g/mol. The molecule has 1 atom stereocenters. The van der Waals surface area contributed by atoms with Crippen molar-refractivity contribution in [1.29, 1.82) is 0 Å². The van der Waals surface area contributed by atoms with Gasteiger partial charge in [0.1, 0.15) is 0 Å². The minimum Gasteiger partial charge on any atom is -0.309 e. The molecule has 1 aromatic rings. The maximum Gasteiger partial charge on any atom is 0.0417 e. The molecule has 1 aliphatic rings. The summed E-state index contributed by atoms with van der Waals surface area (Å²) in [5.74, 6) is 0. The quantitative estimate of drug-likeness (QED) is 0.920. The van der Waals surface area contributed by atoms with Gasteiger partial charge in [-0.3, -0.25) is 0 Å². The summed E-state index contributed by atoms with van der Waals surface area (Å²) in [6.45, 7) is 3.27. The van der Waals surface area contributed by atoms with E-state index in [9.17, 15) is 0 Å². The van der Waals surface area contributed by atoms with Gasteiger partial charge in [0.15, 0.2) is 0 Å². The summed E-state index contributed by atoms with van der Waals surface area (Å²) < 4.78 is 1.08. The molecule has 2 rings (SSSR count). The van der Waals surface area contributed by atoms with E-state index in [1.165, 1.54) is 24.9 Å². The van der Waals surface area contributed by atoms with E-state index in [4.69, 9.17) is 11.6 Å². The second-order valence-electron chi connectivity index (χ2n) is 4.72. The third-order valence-corrected chi connectivity index (χ3v) is 4.19. The van der Waals surface area contributed by atoms with E-state index >= 15 is 0 Å². The number of hydrogen-bond donors (Lipinski definition) is 1. The average Bonchev–Trinajstić information content (AvgIpc) is 2.28. The van der Waals surface area contributed by atoms with E-state index in [0.29, 0.717) is 6.04 Å². The standard InChI is InChI=1S/C13H18BrClN2/c1-17-6-2-3-12(9-17)16-8-10-4-5-11(15)7-13(10)14/h4-5,7,12,16H,2-3,6,8-9H2,1H3. The smallest absolute Gasteiger partial charge is 0.0417 e. The Morgan fingerprint density at radius 2 is 2.35 bits per heavy atom. The van der Waals surface area contributed by atoms with Crippen LogP contribution in [-0.4, -0.2) is 31.1 Å². The Balaban J connectivity index is 1.88. The molecular formula is C13H18BrClN2. The third-order valence-electron chi connectivity index (χ3n) is 3.22. The number of nitrogens with zero attached hydrogens (tertiary/aromatic N) is 1. The lowest BCUT2D eigenvalue weighted by Gasteiger charge is -2.30. The van der Waals surface area contributed by atoms with Crippen LogP contribution < -0.4 is 5.32 Å². The largest absolute Gasteiger partial charge is 0.309 e. The number of piperidine rings is 1. The van der Waals surface area contributed by atoms with E-state index < -0.39 is 0 Å². The van der Waals surface area contributed by atoms with E-state index in [1.807, 2.05) is 12.1 Å². The van der Waals surface area contributed by atoms with Gasteiger partial charge in [-0.1, -0.05) is 33.6 Å². The van der Waals surface area contributed by atoms with Crippen molar-refractivity contribution >= 4 is 27.5 Å². The highest BCUT2D eigenvalue weighted by atomic mass is 79.9. The number of halogens is 2. The first kappa shape index (κ1) is 13.3. The number of likely N-dealkylation sites (N-methyl/N-ethyl adjacent to an activating group) is 1. The van der Waals surface area contributed by atoms with Crippen LogP contribution in [0.5, 0.6) is 0 Å². The molecule has 1 saturated heterocycles. The second-order valence-corrected chi connectivity index (χ2v) is 6.01. The van der Waals surface area contributed by atoms with Crippen LogP contribution in [-0.2, 0) is 6.54 Å². The maximum atomic E-state index is 5.93. The van der Waals surface area contributed by atoms with E-state index in [-0.39, 0.29) is 0 Å². The summed E-state index contributed by atoms with van der Waals surface area (Å²) in [6.07, 6.45) is 2.56. The number of nitrogens with one attached hydrogen (secondary N) is 1. The molecule has 4 heteroatoms. The molecule has 1 fully saturated rings. The Hall–Kier alpha value is -0.0900. The second kappa shape index (κ2) is 6.19. The molecule has 0 amide bonds. The van der Waals surface area contributed by atoms with Gasteiger partial charge in [-0.25, -0.2) is 0 Å². The van der Waals surface area contributed by atoms with Crippen molar-refractivity contribution in [2.75, 3.05) is 20.1 Å². The molecule has 94 valence electrons. The van der Waals surface area contributed by atoms with E-state index in [0.717, 1.165) is 22.6 Å². The predicted octanol–water partition coefficient (Wildman–Crippen LogP) is 3.29. The summed E-state index contributed by atoms with van der Waals surface area (Å²) in [6, 6.07) is 6.57. The molecule has 1 aromatic carbocycles. The lowest BCUT2D eigenvalue weighted by atomic mass is 10.1. The Bertz CT molecular complexity index is 384. The van der Waals surface area contributed by atoms with Crippen molar-refractivity contribution in [2.45, 2.75) is 25.4 Å². The zero-order chi connectivity index (χ0) is 12.3. The van der Waals surface area contributed by atoms with Crippen molar-refractivity contribution in [3.8, 4) is 0 Å². The molecule has 1 heterocycles. The van der Waals surface area contributed by atoms with Crippen LogP contribution >= 0.6 is 27.5 Å². The minimum atomic E-state index is 0.608. The predicted molar refractivity (Wildman–Crippen MR) is 76.5 cm³/mol. The van der Waals surface area contributed by atoms with Crippen LogP contribution in [0, 0.1) is 0 Å². The van der Waals surface area contributed by atoms with Crippen LogP contribution in [0.3, 0.4) is 0 Å². The lowest BCUT2D eigenvalue weighted by Crippen LogP contribution is -2.43. The van der Waals surface area contributed by atoms with E-state index in [1.54, 1.807) is 0 Å². The molecule has 0 radical (unpaired) electrons. The van der Waals surface area contributed by atoms with Crippen molar-refractivity contribution in [3.05, 3.63) is 33.3 Å². The minimum absolute atomic E-state index is 0.608. The summed E-state index contributed by atoms with van der Waals surface area (Å²) >= 11 is 9.48. The third kappa shape index (κ3) is 3.95. The summed E-state index contributed by atoms with van der Waals surface area (Å²) in [4.78, 5) is 2.39. The first-order valence-electron chi connectivity index (χ1n) is 6.01. The number of rotatable bonds is 3. The van der Waals surface area contributed by atoms with Gasteiger partial charge < -0.3 is 10.2 Å². The van der Waals surface area contributed by atoms with Crippen molar-refractivity contribution in [2.24, 2.45) is 0 Å². The molecule has 1 unspecified atom stereocenters. The van der Waals surface area contributed by atoms with Gasteiger partial charge in [0.2, 0.25) is 0 Å². The highest BCUT2D eigenvalue weighted by Crippen LogP contribution is 2.21. The summed E-state index contributed by atoms with van der Waals surface area (Å²) in [5.41, 5.74) is 1.27. The Morgan fingerprint density at radius 3 is 3.06 bits per heavy atom. The summed E-state index contributed by atoms with van der Waals surface area (Å²) in [7, 11) is 2.19. The fourth-order valence-corrected chi connectivity index (χ4v) is 3.08. The fraction of sp³-hybridized carbons (Fsp3) is 0.538. The SMILES string of the molecule is CN1CCCC(NCc2ccc(Cl)cc2Br)C1. The molecule has 17 heavy (non-hydrogen) atoms. The van der Waals surface area contributed by atoms with Gasteiger partial charge in [0.05, 0.1) is 0 Å². The summed E-state index contributed by atoms with van der Waals surface area (Å²) in [5, 5.41) is 4.39. The Kier molecular flexibility index (Phi) is 4.86. The highest BCUT2D eigenvalue weighted by molar-refractivity contribution is 9.10. The first-order chi connectivity index (χ1) is 8.15. The normalized spacial score (nSPS) is 21.7. The molecular weight excluding hydrogens is 300 g/mol. The van der Waals surface area contributed by atoms with Gasteiger partial charge in [0, 0.05) is 28.6 Å². The molecule has 0 aliphatic carbocycles. The van der Waals surface area contributed by atoms with Crippen LogP contribution in [0.4, 0.5) is 0 Å². The van der Waals surface area contributed by atoms with Gasteiger partial charge in [-0.15, -0.1) is 0 Å². The highest BCUT2D eigenvalue weighted by Gasteiger charge is 2.16. The number of likely N-dealkylation sites (tertiary alicyclic amines) is 1. The van der Waals surface area contributed by atoms with Crippen LogP contribution in [0.25, 0.3) is 0 Å². The van der Waals surface area contributed by atoms with Crippen LogP contribution in [0.1, 0.15) is 18.4 Å². The fourth-order valence-electron chi connectivity index (χ4n) is 2.25. The lowest BCUT2D eigenvalue weighted by molar-refractivity contribution is 0.226. The Morgan fingerprint density at radius 1 is 1.53 bits per heavy atom. The van der Waals surface area contributed by atoms with Gasteiger partial charge >= 0.3 is 0 Å². The molecule has 1 aliphatic heterocycles. The van der Waals surface area contributed by atoms with Crippen molar-refractivity contribution in [1.82, 2.24) is 10.2 Å². The molecule has 0 saturated carbocycles. The molecule has 0 bridgehead atoms. The number of hydrogen-bond acceptors (Lipinski definition) is 2. The van der Waals surface area contributed by atoms with Crippen molar-refractivity contribution in [3.63, 3.8) is 0 Å². The van der Waals surface area contributed by atoms with Gasteiger partial charge in [-0.2, -0.15) is 0 Å². The zero-order valence-corrected chi connectivity index (χ0v) is 12.4. The zero-order valence-electron chi connectivity index (χ0n) is 10.0. The molecule has 1 N–H and O–H groups in total. The number of benzene rings is 1. The first-order valence-corrected chi connectivity index (χ1v) is 7.18. The monoisotopic (exact) mass is 316 g/mol. The maximum absolute atomic E-state index is 5.93. The van der Waals surface area contributed by atoms with Gasteiger partial charge in [0.25, 0.3) is 0 Å². The van der Waals surface area contributed by atoms with Gasteiger partial charge in [-0.05, 0) is 44.1 Å². The molecule has 0 spiro atoms. The topological polar surface area (TPSA) is 15.3 Å². The van der Waals surface area contributed by atoms with Crippen LogP contribution in [0.15, 0.2) is 22.7 Å². The molecule has 0 aromatic heterocycles. The van der Waals surface area contributed by atoms with E-state index in [2.05, 4.69) is 39.3 Å². The van der Waals surface area contributed by atoms with Crippen molar-refractivity contribution < 1.29 is 0 Å². The van der Waals surface area contributed by atoms with Crippen LogP contribution in [0.2, 0.25) is 5.02 Å². The Labute approximate surface area is 116 Å². The molecule has 2 nitrogen and oxygen atoms in total.